The first-order valence-corrected chi connectivity index (χ1v) is 12.3. The normalized spacial score (nSPS) is 19.1. The molecule has 0 spiro atoms. The molecule has 0 amide bonds. The fraction of sp³-hybridized carbons (Fsp3) is 0.536. The Morgan fingerprint density at radius 1 is 0.968 bits per heavy atom. The lowest BCUT2D eigenvalue weighted by Gasteiger charge is -2.30. The number of rotatable bonds is 8. The highest BCUT2D eigenvalue weighted by Crippen LogP contribution is 2.29. The molecule has 1 saturated heterocycles. The number of likely N-dealkylation sites (tertiary alicyclic amines) is 1. The number of ether oxygens (including phenoxy) is 1. The molecule has 1 aromatic carbocycles. The third kappa shape index (κ3) is 6.43. The van der Waals surface area contributed by atoms with Crippen molar-refractivity contribution in [3.63, 3.8) is 0 Å². The van der Waals surface area contributed by atoms with Crippen LogP contribution >= 0.6 is 0 Å². The molecule has 2 aromatic rings. The third-order valence-corrected chi connectivity index (χ3v) is 7.22. The topological polar surface area (TPSA) is 25.4 Å². The van der Waals surface area contributed by atoms with E-state index in [4.69, 9.17) is 4.74 Å². The van der Waals surface area contributed by atoms with E-state index in [0.717, 1.165) is 31.4 Å². The summed E-state index contributed by atoms with van der Waals surface area (Å²) in [7, 11) is 1.70. The molecule has 2 fully saturated rings. The molecule has 1 aromatic heterocycles. The van der Waals surface area contributed by atoms with E-state index in [0.29, 0.717) is 5.92 Å². The van der Waals surface area contributed by atoms with Gasteiger partial charge in [0.2, 0.25) is 5.88 Å². The van der Waals surface area contributed by atoms with Crippen LogP contribution in [0.25, 0.3) is 6.08 Å². The predicted molar refractivity (Wildman–Crippen MR) is 129 cm³/mol. The lowest BCUT2D eigenvalue weighted by molar-refractivity contribution is 0.193. The summed E-state index contributed by atoms with van der Waals surface area (Å²) in [5, 5.41) is 0. The zero-order valence-corrected chi connectivity index (χ0v) is 19.1. The number of hydrogen-bond acceptors (Lipinski definition) is 3. The highest BCUT2D eigenvalue weighted by Gasteiger charge is 2.19. The van der Waals surface area contributed by atoms with Gasteiger partial charge in [-0.1, -0.05) is 74.6 Å². The average Bonchev–Trinajstić information content (AvgIpc) is 2.84. The molecule has 0 unspecified atom stereocenters. The van der Waals surface area contributed by atoms with Gasteiger partial charge >= 0.3 is 0 Å². The van der Waals surface area contributed by atoms with Gasteiger partial charge in [0.1, 0.15) is 0 Å². The Bertz CT molecular complexity index is 832. The van der Waals surface area contributed by atoms with Crippen LogP contribution in [-0.4, -0.2) is 30.1 Å². The lowest BCUT2D eigenvalue weighted by atomic mass is 9.84. The van der Waals surface area contributed by atoms with Crippen LogP contribution in [0.3, 0.4) is 0 Å². The Morgan fingerprint density at radius 3 is 2.55 bits per heavy atom. The van der Waals surface area contributed by atoms with Crippen molar-refractivity contribution in [3.05, 3.63) is 65.4 Å². The van der Waals surface area contributed by atoms with Crippen LogP contribution in [0.5, 0.6) is 5.88 Å². The summed E-state index contributed by atoms with van der Waals surface area (Å²) in [5.41, 5.74) is 4.15. The van der Waals surface area contributed by atoms with Crippen LogP contribution in [0.15, 0.2) is 48.7 Å². The predicted octanol–water partition coefficient (Wildman–Crippen LogP) is 6.53. The molecule has 1 aliphatic heterocycles. The number of benzene rings is 1. The van der Waals surface area contributed by atoms with E-state index >= 15 is 0 Å². The highest BCUT2D eigenvalue weighted by atomic mass is 16.5. The molecule has 2 aliphatic rings. The minimum absolute atomic E-state index is 0.679. The summed E-state index contributed by atoms with van der Waals surface area (Å²) in [6, 6.07) is 13.2. The molecule has 4 rings (SSSR count). The Hall–Kier alpha value is -2.13. The van der Waals surface area contributed by atoms with Crippen LogP contribution in [0.2, 0.25) is 0 Å². The molecule has 0 atom stereocenters. The fourth-order valence-electron chi connectivity index (χ4n) is 5.27. The Labute approximate surface area is 188 Å². The molecular weight excluding hydrogens is 380 g/mol. The molecule has 166 valence electrons. The maximum Gasteiger partial charge on any atom is 0.217 e. The Morgan fingerprint density at radius 2 is 1.74 bits per heavy atom. The number of aryl methyl sites for hydroxylation is 1. The van der Waals surface area contributed by atoms with Crippen molar-refractivity contribution in [1.29, 1.82) is 0 Å². The van der Waals surface area contributed by atoms with Gasteiger partial charge in [-0.15, -0.1) is 0 Å². The molecule has 0 bridgehead atoms. The minimum atomic E-state index is 0.679. The highest BCUT2D eigenvalue weighted by molar-refractivity contribution is 5.54. The quantitative estimate of drug-likeness (QED) is 0.487. The van der Waals surface area contributed by atoms with Crippen molar-refractivity contribution in [3.8, 4) is 5.88 Å². The van der Waals surface area contributed by atoms with Crippen molar-refractivity contribution in [2.24, 2.45) is 11.8 Å². The summed E-state index contributed by atoms with van der Waals surface area (Å²) in [6.45, 7) is 3.20. The van der Waals surface area contributed by atoms with Gasteiger partial charge in [-0.3, -0.25) is 4.90 Å². The molecule has 3 nitrogen and oxygen atoms in total. The van der Waals surface area contributed by atoms with Gasteiger partial charge in [0.05, 0.1) is 7.11 Å². The summed E-state index contributed by atoms with van der Waals surface area (Å²) >= 11 is 0. The van der Waals surface area contributed by atoms with Crippen LogP contribution in [0, 0.1) is 11.8 Å². The molecule has 31 heavy (non-hydrogen) atoms. The van der Waals surface area contributed by atoms with Gasteiger partial charge in [0.25, 0.3) is 0 Å². The molecule has 0 radical (unpaired) electrons. The molecule has 2 heterocycles. The van der Waals surface area contributed by atoms with E-state index in [-0.39, 0.29) is 0 Å². The second-order valence-corrected chi connectivity index (χ2v) is 9.39. The average molecular weight is 419 g/mol. The number of pyridine rings is 1. The maximum absolute atomic E-state index is 5.42. The van der Waals surface area contributed by atoms with E-state index in [1.165, 1.54) is 74.5 Å². The van der Waals surface area contributed by atoms with Gasteiger partial charge in [0.15, 0.2) is 0 Å². The van der Waals surface area contributed by atoms with Gasteiger partial charge < -0.3 is 4.74 Å². The van der Waals surface area contributed by atoms with Crippen molar-refractivity contribution < 1.29 is 4.74 Å². The first-order chi connectivity index (χ1) is 15.3. The van der Waals surface area contributed by atoms with Crippen LogP contribution in [0.1, 0.15) is 68.1 Å². The first kappa shape index (κ1) is 22.1. The Balaban J connectivity index is 1.28. The number of nitrogens with zero attached hydrogens (tertiary/aromatic N) is 2. The summed E-state index contributed by atoms with van der Waals surface area (Å²) in [6.07, 6.45) is 18.9. The van der Waals surface area contributed by atoms with Crippen molar-refractivity contribution in [1.82, 2.24) is 9.88 Å². The van der Waals surface area contributed by atoms with E-state index in [1.54, 1.807) is 13.3 Å². The largest absolute Gasteiger partial charge is 0.481 e. The van der Waals surface area contributed by atoms with Crippen LogP contribution in [0.4, 0.5) is 0 Å². The van der Waals surface area contributed by atoms with Crippen LogP contribution < -0.4 is 4.74 Å². The summed E-state index contributed by atoms with van der Waals surface area (Å²) < 4.78 is 5.42. The fourth-order valence-corrected chi connectivity index (χ4v) is 5.27. The van der Waals surface area contributed by atoms with Gasteiger partial charge in [-0.2, -0.15) is 0 Å². The number of aromatic nitrogens is 1. The number of allylic oxidation sites excluding steroid dienone is 1. The van der Waals surface area contributed by atoms with E-state index in [2.05, 4.69) is 52.4 Å². The number of methoxy groups -OCH3 is 1. The zero-order chi connectivity index (χ0) is 21.3. The van der Waals surface area contributed by atoms with Gasteiger partial charge in [-0.25, -0.2) is 4.98 Å². The van der Waals surface area contributed by atoms with Gasteiger partial charge in [-0.05, 0) is 67.8 Å². The molecule has 1 saturated carbocycles. The summed E-state index contributed by atoms with van der Waals surface area (Å²) in [4.78, 5) is 6.86. The smallest absolute Gasteiger partial charge is 0.217 e. The molecule has 3 heteroatoms. The molecular formula is C28H38N2O. The van der Waals surface area contributed by atoms with Crippen molar-refractivity contribution in [2.75, 3.05) is 20.2 Å². The second kappa shape index (κ2) is 11.5. The second-order valence-electron chi connectivity index (χ2n) is 9.39. The maximum atomic E-state index is 5.42. The third-order valence-electron chi connectivity index (χ3n) is 7.22. The SMILES string of the molecule is COc1ncccc1CN1CCC(C=Cc2ccccc2CCC2CCCCC2)CC1. The first-order valence-electron chi connectivity index (χ1n) is 12.3. The number of piperidine rings is 1. The van der Waals surface area contributed by atoms with E-state index < -0.39 is 0 Å². The minimum Gasteiger partial charge on any atom is -0.481 e. The zero-order valence-electron chi connectivity index (χ0n) is 19.1. The monoisotopic (exact) mass is 418 g/mol. The lowest BCUT2D eigenvalue weighted by Crippen LogP contribution is -2.32. The van der Waals surface area contributed by atoms with E-state index in [1.807, 2.05) is 6.07 Å². The van der Waals surface area contributed by atoms with E-state index in [9.17, 15) is 0 Å². The molecule has 1 aliphatic carbocycles. The standard InChI is InChI=1S/C28H38N2O/c1-31-28-27(12-7-19-29-28)22-30-20-17-24(18-21-30)14-16-26-11-6-5-10-25(26)15-13-23-8-3-2-4-9-23/h5-7,10-12,14,16,19,23-24H,2-4,8-9,13,15,17-18,20-22H2,1H3. The van der Waals surface area contributed by atoms with Crippen molar-refractivity contribution in [2.45, 2.75) is 64.3 Å². The van der Waals surface area contributed by atoms with Crippen molar-refractivity contribution >= 4 is 6.08 Å². The Kier molecular flexibility index (Phi) is 8.17. The van der Waals surface area contributed by atoms with Crippen LogP contribution in [-0.2, 0) is 13.0 Å². The summed E-state index contributed by atoms with van der Waals surface area (Å²) in [5.74, 6) is 2.39. The van der Waals surface area contributed by atoms with Gasteiger partial charge in [0, 0.05) is 18.3 Å². The number of hydrogen-bond donors (Lipinski definition) is 0. The molecule has 0 N–H and O–H groups in total.